The van der Waals surface area contributed by atoms with Gasteiger partial charge in [-0.2, -0.15) is 0 Å². The third-order valence-electron chi connectivity index (χ3n) is 3.76. The fraction of sp³-hybridized carbons (Fsp3) is 0.278. The molecule has 1 aliphatic rings. The van der Waals surface area contributed by atoms with E-state index in [-0.39, 0.29) is 5.91 Å². The quantitative estimate of drug-likeness (QED) is 0.766. The second kappa shape index (κ2) is 7.28. The number of aryl methyl sites for hydroxylation is 1. The summed E-state index contributed by atoms with van der Waals surface area (Å²) in [5.74, 6) is 1.12. The van der Waals surface area contributed by atoms with E-state index in [1.165, 1.54) is 10.4 Å². The standard InChI is InChI=1S/C18H18ClNO3S/c1-12-5-8-24-16(12)11-20(2)17(21)4-3-13-9-14(19)18-15(10-13)22-6-7-23-18/h3-5,8-10H,6-7,11H2,1-2H3/b4-3+. The molecule has 0 radical (unpaired) electrons. The summed E-state index contributed by atoms with van der Waals surface area (Å²) in [6, 6.07) is 5.65. The van der Waals surface area contributed by atoms with Gasteiger partial charge < -0.3 is 14.4 Å². The number of carbonyl (C=O) groups is 1. The molecule has 1 amide bonds. The fourth-order valence-electron chi connectivity index (χ4n) is 2.38. The molecule has 1 aromatic carbocycles. The lowest BCUT2D eigenvalue weighted by Gasteiger charge is -2.19. The van der Waals surface area contributed by atoms with E-state index >= 15 is 0 Å². The van der Waals surface area contributed by atoms with Gasteiger partial charge in [-0.15, -0.1) is 11.3 Å². The minimum Gasteiger partial charge on any atom is -0.486 e. The summed E-state index contributed by atoms with van der Waals surface area (Å²) in [6.07, 6.45) is 3.29. The van der Waals surface area contributed by atoms with Crippen LogP contribution in [0.4, 0.5) is 0 Å². The van der Waals surface area contributed by atoms with E-state index in [9.17, 15) is 4.79 Å². The van der Waals surface area contributed by atoms with Gasteiger partial charge in [-0.1, -0.05) is 11.6 Å². The lowest BCUT2D eigenvalue weighted by atomic mass is 10.1. The number of rotatable bonds is 4. The number of hydrogen-bond donors (Lipinski definition) is 0. The first-order chi connectivity index (χ1) is 11.5. The smallest absolute Gasteiger partial charge is 0.246 e. The van der Waals surface area contributed by atoms with Crippen molar-refractivity contribution in [3.8, 4) is 11.5 Å². The van der Waals surface area contributed by atoms with Crippen molar-refractivity contribution in [2.45, 2.75) is 13.5 Å². The normalized spacial score (nSPS) is 13.3. The Morgan fingerprint density at radius 1 is 1.38 bits per heavy atom. The van der Waals surface area contributed by atoms with Gasteiger partial charge in [0, 0.05) is 18.0 Å². The minimum absolute atomic E-state index is 0.0613. The largest absolute Gasteiger partial charge is 0.486 e. The van der Waals surface area contributed by atoms with E-state index in [1.807, 2.05) is 11.4 Å². The number of amides is 1. The second-order valence-electron chi connectivity index (χ2n) is 5.58. The summed E-state index contributed by atoms with van der Waals surface area (Å²) in [4.78, 5) is 15.2. The summed E-state index contributed by atoms with van der Waals surface area (Å²) >= 11 is 7.87. The number of nitrogens with zero attached hydrogens (tertiary/aromatic N) is 1. The van der Waals surface area contributed by atoms with Crippen molar-refractivity contribution in [2.75, 3.05) is 20.3 Å². The van der Waals surface area contributed by atoms with E-state index in [4.69, 9.17) is 21.1 Å². The zero-order valence-electron chi connectivity index (χ0n) is 13.5. The van der Waals surface area contributed by atoms with E-state index in [2.05, 4.69) is 13.0 Å². The Hall–Kier alpha value is -1.98. The van der Waals surface area contributed by atoms with Gasteiger partial charge in [0.1, 0.15) is 13.2 Å². The first kappa shape index (κ1) is 16.9. The van der Waals surface area contributed by atoms with Crippen LogP contribution in [-0.2, 0) is 11.3 Å². The number of hydrogen-bond acceptors (Lipinski definition) is 4. The van der Waals surface area contributed by atoms with Gasteiger partial charge in [0.2, 0.25) is 5.91 Å². The molecule has 24 heavy (non-hydrogen) atoms. The SMILES string of the molecule is Cc1ccsc1CN(C)C(=O)/C=C/c1cc(Cl)c2c(c1)OCCO2. The summed E-state index contributed by atoms with van der Waals surface area (Å²) in [7, 11) is 1.79. The van der Waals surface area contributed by atoms with Crippen molar-refractivity contribution in [1.82, 2.24) is 4.90 Å². The Labute approximate surface area is 150 Å². The van der Waals surface area contributed by atoms with Crippen molar-refractivity contribution in [1.29, 1.82) is 0 Å². The van der Waals surface area contributed by atoms with Crippen molar-refractivity contribution in [3.63, 3.8) is 0 Å². The van der Waals surface area contributed by atoms with Crippen LogP contribution in [0.3, 0.4) is 0 Å². The molecule has 2 aromatic rings. The van der Waals surface area contributed by atoms with Crippen molar-refractivity contribution < 1.29 is 14.3 Å². The molecule has 4 nitrogen and oxygen atoms in total. The number of fused-ring (bicyclic) bond motifs is 1. The molecular formula is C18H18ClNO3S. The number of carbonyl (C=O) groups excluding carboxylic acids is 1. The van der Waals surface area contributed by atoms with Crippen molar-refractivity contribution >= 4 is 34.9 Å². The number of thiophene rings is 1. The molecule has 1 aromatic heterocycles. The summed E-state index contributed by atoms with van der Waals surface area (Å²) in [6.45, 7) is 3.65. The van der Waals surface area contributed by atoms with Gasteiger partial charge in [0.05, 0.1) is 11.6 Å². The molecule has 0 fully saturated rings. The first-order valence-electron chi connectivity index (χ1n) is 7.60. The molecule has 3 rings (SSSR count). The van der Waals surface area contributed by atoms with E-state index < -0.39 is 0 Å². The zero-order chi connectivity index (χ0) is 17.1. The second-order valence-corrected chi connectivity index (χ2v) is 6.99. The van der Waals surface area contributed by atoms with Crippen LogP contribution in [0.5, 0.6) is 11.5 Å². The zero-order valence-corrected chi connectivity index (χ0v) is 15.1. The van der Waals surface area contributed by atoms with Crippen molar-refractivity contribution in [3.05, 3.63) is 50.7 Å². The predicted molar refractivity (Wildman–Crippen MR) is 97.0 cm³/mol. The molecule has 126 valence electrons. The lowest BCUT2D eigenvalue weighted by Crippen LogP contribution is -2.23. The predicted octanol–water partition coefficient (Wildman–Crippen LogP) is 4.15. The number of ether oxygens (including phenoxy) is 2. The van der Waals surface area contributed by atoms with Gasteiger partial charge in [0.15, 0.2) is 11.5 Å². The molecule has 1 aliphatic heterocycles. The Morgan fingerprint density at radius 2 is 2.17 bits per heavy atom. The maximum absolute atomic E-state index is 12.3. The summed E-state index contributed by atoms with van der Waals surface area (Å²) < 4.78 is 11.0. The van der Waals surface area contributed by atoms with Crippen LogP contribution >= 0.6 is 22.9 Å². The third-order valence-corrected chi connectivity index (χ3v) is 5.05. The van der Waals surface area contributed by atoms with Gasteiger partial charge in [0.25, 0.3) is 0 Å². The van der Waals surface area contributed by atoms with Gasteiger partial charge in [-0.05, 0) is 47.7 Å². The summed E-state index contributed by atoms with van der Waals surface area (Å²) in [5.41, 5.74) is 2.01. The van der Waals surface area contributed by atoms with Crippen LogP contribution in [0.2, 0.25) is 5.02 Å². The maximum Gasteiger partial charge on any atom is 0.246 e. The van der Waals surface area contributed by atoms with E-state index in [0.29, 0.717) is 36.3 Å². The molecule has 0 N–H and O–H groups in total. The fourth-order valence-corrected chi connectivity index (χ4v) is 3.61. The molecule has 0 atom stereocenters. The summed E-state index contributed by atoms with van der Waals surface area (Å²) in [5, 5.41) is 2.53. The molecule has 0 saturated heterocycles. The maximum atomic E-state index is 12.3. The highest BCUT2D eigenvalue weighted by Crippen LogP contribution is 2.38. The number of halogens is 1. The van der Waals surface area contributed by atoms with Gasteiger partial charge >= 0.3 is 0 Å². The molecule has 0 spiro atoms. The molecule has 6 heteroatoms. The highest BCUT2D eigenvalue weighted by Gasteiger charge is 2.16. The monoisotopic (exact) mass is 363 g/mol. The lowest BCUT2D eigenvalue weighted by molar-refractivity contribution is -0.125. The van der Waals surface area contributed by atoms with Crippen LogP contribution in [0.25, 0.3) is 6.08 Å². The Balaban J connectivity index is 1.70. The minimum atomic E-state index is -0.0613. The topological polar surface area (TPSA) is 38.8 Å². The molecule has 0 saturated carbocycles. The number of benzene rings is 1. The average molecular weight is 364 g/mol. The van der Waals surface area contributed by atoms with Crippen molar-refractivity contribution in [2.24, 2.45) is 0 Å². The van der Waals surface area contributed by atoms with E-state index in [0.717, 1.165) is 5.56 Å². The average Bonchev–Trinajstić information content (AvgIpc) is 2.97. The first-order valence-corrected chi connectivity index (χ1v) is 8.85. The Kier molecular flexibility index (Phi) is 5.11. The van der Waals surface area contributed by atoms with Gasteiger partial charge in [-0.3, -0.25) is 4.79 Å². The molecule has 0 aliphatic carbocycles. The van der Waals surface area contributed by atoms with Crippen LogP contribution < -0.4 is 9.47 Å². The highest BCUT2D eigenvalue weighted by molar-refractivity contribution is 7.10. The third kappa shape index (κ3) is 3.74. The molecule has 2 heterocycles. The Bertz CT molecular complexity index is 785. The van der Waals surface area contributed by atoms with Gasteiger partial charge in [-0.25, -0.2) is 0 Å². The van der Waals surface area contributed by atoms with Crippen LogP contribution in [-0.4, -0.2) is 31.1 Å². The Morgan fingerprint density at radius 3 is 2.92 bits per heavy atom. The van der Waals surface area contributed by atoms with Crippen LogP contribution in [0.15, 0.2) is 29.7 Å². The molecular weight excluding hydrogens is 346 g/mol. The van der Waals surface area contributed by atoms with E-state index in [1.54, 1.807) is 41.5 Å². The van der Waals surface area contributed by atoms with Crippen LogP contribution in [0.1, 0.15) is 16.0 Å². The molecule has 0 unspecified atom stereocenters. The number of likely N-dealkylation sites (N-methyl/N-ethyl adjacent to an activating group) is 1. The highest BCUT2D eigenvalue weighted by atomic mass is 35.5. The van der Waals surface area contributed by atoms with Crippen LogP contribution in [0, 0.1) is 6.92 Å². The molecule has 0 bridgehead atoms.